The maximum Gasteiger partial charge on any atom is 0.416 e. The number of nitrogens with zero attached hydrogens (tertiary/aromatic N) is 4. The van der Waals surface area contributed by atoms with E-state index in [0.717, 1.165) is 60.8 Å². The first-order chi connectivity index (χ1) is 18.7. The molecule has 3 N–H and O–H groups in total. The molecule has 6 rings (SSSR count). The minimum atomic E-state index is -4.54. The number of hydrogen-bond acceptors (Lipinski definition) is 7. The molecule has 2 aliphatic rings. The second kappa shape index (κ2) is 9.62. The Labute approximate surface area is 221 Å². The van der Waals surface area contributed by atoms with Crippen LogP contribution in [0.25, 0.3) is 16.7 Å². The van der Waals surface area contributed by atoms with Gasteiger partial charge >= 0.3 is 6.18 Å². The Morgan fingerprint density at radius 1 is 1.05 bits per heavy atom. The molecule has 202 valence electrons. The average Bonchev–Trinajstić information content (AvgIpc) is 3.55. The summed E-state index contributed by atoms with van der Waals surface area (Å²) < 4.78 is 52.6. The molecule has 0 atom stereocenters. The number of halogens is 3. The van der Waals surface area contributed by atoms with Crippen molar-refractivity contribution in [1.82, 2.24) is 19.5 Å². The van der Waals surface area contributed by atoms with E-state index in [1.165, 1.54) is 6.33 Å². The molecule has 1 saturated heterocycles. The molecule has 0 radical (unpaired) electrons. The van der Waals surface area contributed by atoms with Crippen molar-refractivity contribution in [1.29, 1.82) is 0 Å². The second-order valence-corrected chi connectivity index (χ2v) is 9.72. The van der Waals surface area contributed by atoms with Crippen molar-refractivity contribution in [3.8, 4) is 5.69 Å². The quantitative estimate of drug-likeness (QED) is 0.373. The van der Waals surface area contributed by atoms with Crippen LogP contribution in [-0.4, -0.2) is 44.4 Å². The number of amides is 1. The fraction of sp³-hybridized carbons (Fsp3) is 0.333. The first kappa shape index (κ1) is 25.3. The zero-order valence-electron chi connectivity index (χ0n) is 20.7. The van der Waals surface area contributed by atoms with E-state index in [-0.39, 0.29) is 17.3 Å². The van der Waals surface area contributed by atoms with Gasteiger partial charge in [0.1, 0.15) is 17.7 Å². The van der Waals surface area contributed by atoms with Crippen molar-refractivity contribution in [2.45, 2.75) is 43.6 Å². The number of carbonyl (C=O) groups excluding carboxylic acids is 1. The fourth-order valence-corrected chi connectivity index (χ4v) is 5.40. The van der Waals surface area contributed by atoms with E-state index < -0.39 is 23.4 Å². The minimum absolute atomic E-state index is 0.187. The Morgan fingerprint density at radius 3 is 2.46 bits per heavy atom. The molecular weight excluding hydrogens is 513 g/mol. The fourth-order valence-electron chi connectivity index (χ4n) is 5.40. The predicted molar refractivity (Wildman–Crippen MR) is 136 cm³/mol. The zero-order chi connectivity index (χ0) is 27.2. The van der Waals surface area contributed by atoms with E-state index in [2.05, 4.69) is 20.3 Å². The third-order valence-corrected chi connectivity index (χ3v) is 7.37. The number of nitrogen functional groups attached to an aromatic ring is 1. The van der Waals surface area contributed by atoms with E-state index in [4.69, 9.17) is 15.2 Å². The number of hydrogen-bond donors (Lipinski definition) is 2. The van der Waals surface area contributed by atoms with Gasteiger partial charge in [-0.1, -0.05) is 0 Å². The molecule has 1 aliphatic carbocycles. The van der Waals surface area contributed by atoms with Gasteiger partial charge < -0.3 is 25.1 Å². The van der Waals surface area contributed by atoms with E-state index in [0.29, 0.717) is 24.5 Å². The monoisotopic (exact) mass is 538 g/mol. The number of benzene rings is 1. The molecular formula is C27H25F3N6O3. The Kier molecular flexibility index (Phi) is 6.23. The van der Waals surface area contributed by atoms with Crippen molar-refractivity contribution in [2.24, 2.45) is 0 Å². The SMILES string of the molecule is Nc1ncnc2c(C3CCC4(CC3)OCCO4)cn(-c3ccc(C(=O)Nc4cc(C(F)(F)F)ccn4)cc3)c12. The van der Waals surface area contributed by atoms with Gasteiger partial charge in [0.25, 0.3) is 5.91 Å². The Bertz CT molecular complexity index is 1520. The highest BCUT2D eigenvalue weighted by molar-refractivity contribution is 6.04. The van der Waals surface area contributed by atoms with Crippen LogP contribution in [0.3, 0.4) is 0 Å². The highest BCUT2D eigenvalue weighted by Gasteiger charge is 2.41. The summed E-state index contributed by atoms with van der Waals surface area (Å²) >= 11 is 0. The van der Waals surface area contributed by atoms with Crippen molar-refractivity contribution in [3.05, 3.63) is 71.8 Å². The molecule has 1 spiro atoms. The van der Waals surface area contributed by atoms with Crippen molar-refractivity contribution in [2.75, 3.05) is 24.3 Å². The van der Waals surface area contributed by atoms with Gasteiger partial charge in [-0.25, -0.2) is 15.0 Å². The smallest absolute Gasteiger partial charge is 0.382 e. The molecule has 4 aromatic rings. The summed E-state index contributed by atoms with van der Waals surface area (Å²) in [5, 5.41) is 2.42. The van der Waals surface area contributed by atoms with Gasteiger partial charge in [-0.15, -0.1) is 0 Å². The zero-order valence-corrected chi connectivity index (χ0v) is 20.7. The normalized spacial score (nSPS) is 17.6. The Hall–Kier alpha value is -4.03. The molecule has 1 aliphatic heterocycles. The first-order valence-corrected chi connectivity index (χ1v) is 12.6. The second-order valence-electron chi connectivity index (χ2n) is 9.72. The van der Waals surface area contributed by atoms with Crippen LogP contribution in [0.2, 0.25) is 0 Å². The summed E-state index contributed by atoms with van der Waals surface area (Å²) in [5.74, 6) is -0.665. The van der Waals surface area contributed by atoms with Crippen molar-refractivity contribution in [3.63, 3.8) is 0 Å². The summed E-state index contributed by atoms with van der Waals surface area (Å²) in [6.45, 7) is 1.25. The summed E-state index contributed by atoms with van der Waals surface area (Å²) in [6.07, 6.45) is 3.29. The van der Waals surface area contributed by atoms with Crippen LogP contribution >= 0.6 is 0 Å². The van der Waals surface area contributed by atoms with E-state index >= 15 is 0 Å². The molecule has 1 amide bonds. The number of carbonyl (C=O) groups is 1. The van der Waals surface area contributed by atoms with Crippen molar-refractivity contribution < 1.29 is 27.4 Å². The molecule has 4 heterocycles. The van der Waals surface area contributed by atoms with Gasteiger partial charge in [0.2, 0.25) is 0 Å². The number of aromatic nitrogens is 4. The highest BCUT2D eigenvalue weighted by Crippen LogP contribution is 2.44. The number of anilines is 2. The molecule has 9 nitrogen and oxygen atoms in total. The van der Waals surface area contributed by atoms with E-state index in [9.17, 15) is 18.0 Å². The lowest BCUT2D eigenvalue weighted by atomic mass is 9.81. The molecule has 1 saturated carbocycles. The number of ether oxygens (including phenoxy) is 2. The summed E-state index contributed by atoms with van der Waals surface area (Å²) in [6, 6.07) is 8.28. The average molecular weight is 539 g/mol. The number of pyridine rings is 1. The number of alkyl halides is 3. The first-order valence-electron chi connectivity index (χ1n) is 12.6. The maximum absolute atomic E-state index is 13.0. The Balaban J connectivity index is 1.25. The van der Waals surface area contributed by atoms with Crippen LogP contribution in [0.1, 0.15) is 53.1 Å². The van der Waals surface area contributed by atoms with Gasteiger partial charge in [-0.05, 0) is 60.7 Å². The van der Waals surface area contributed by atoms with Crippen LogP contribution < -0.4 is 11.1 Å². The molecule has 39 heavy (non-hydrogen) atoms. The lowest BCUT2D eigenvalue weighted by molar-refractivity contribution is -0.178. The van der Waals surface area contributed by atoms with Gasteiger partial charge in [0, 0.05) is 36.5 Å². The minimum Gasteiger partial charge on any atom is -0.382 e. The molecule has 1 aromatic carbocycles. The molecule has 3 aromatic heterocycles. The summed E-state index contributed by atoms with van der Waals surface area (Å²) in [5.41, 5.74) is 8.88. The topological polar surface area (TPSA) is 117 Å². The highest BCUT2D eigenvalue weighted by atomic mass is 19.4. The van der Waals surface area contributed by atoms with Crippen LogP contribution in [-0.2, 0) is 15.7 Å². The van der Waals surface area contributed by atoms with E-state index in [1.807, 2.05) is 10.8 Å². The summed E-state index contributed by atoms with van der Waals surface area (Å²) in [4.78, 5) is 25.3. The largest absolute Gasteiger partial charge is 0.416 e. The standard InChI is InChI=1S/C27H25F3N6O3/c28-27(29,30)18-7-10-32-21(13-18)35-25(37)17-1-3-19(4-2-17)36-14-20(22-23(36)24(31)34-15-33-22)16-5-8-26(9-6-16)38-11-12-39-26/h1-4,7,10,13-16H,5-6,8-9,11-12H2,(H2,31,33,34)(H,32,35,37). The lowest BCUT2D eigenvalue weighted by Crippen LogP contribution is -2.34. The third kappa shape index (κ3) is 4.81. The lowest BCUT2D eigenvalue weighted by Gasteiger charge is -2.35. The number of rotatable bonds is 4. The van der Waals surface area contributed by atoms with Gasteiger partial charge in [0.05, 0.1) is 24.3 Å². The van der Waals surface area contributed by atoms with Crippen LogP contribution in [0.5, 0.6) is 0 Å². The predicted octanol–water partition coefficient (Wildman–Crippen LogP) is 5.07. The van der Waals surface area contributed by atoms with Gasteiger partial charge in [-0.3, -0.25) is 4.79 Å². The van der Waals surface area contributed by atoms with Crippen LogP contribution in [0, 0.1) is 0 Å². The van der Waals surface area contributed by atoms with Gasteiger partial charge in [-0.2, -0.15) is 13.2 Å². The molecule has 0 unspecified atom stereocenters. The Morgan fingerprint density at radius 2 is 1.77 bits per heavy atom. The van der Waals surface area contributed by atoms with E-state index in [1.54, 1.807) is 24.3 Å². The number of nitrogens with one attached hydrogen (secondary N) is 1. The molecule has 2 fully saturated rings. The molecule has 0 bridgehead atoms. The number of nitrogens with two attached hydrogens (primary N) is 1. The van der Waals surface area contributed by atoms with Crippen LogP contribution in [0.15, 0.2) is 55.1 Å². The molecule has 12 heteroatoms. The van der Waals surface area contributed by atoms with Crippen LogP contribution in [0.4, 0.5) is 24.8 Å². The maximum atomic E-state index is 13.0. The number of fused-ring (bicyclic) bond motifs is 1. The van der Waals surface area contributed by atoms with Gasteiger partial charge in [0.15, 0.2) is 11.6 Å². The summed E-state index contributed by atoms with van der Waals surface area (Å²) in [7, 11) is 0. The van der Waals surface area contributed by atoms with Crippen molar-refractivity contribution >= 4 is 28.6 Å². The third-order valence-electron chi connectivity index (χ3n) is 7.37.